The first-order chi connectivity index (χ1) is 18.1. The van der Waals surface area contributed by atoms with E-state index in [0.717, 1.165) is 39.0 Å². The molecule has 0 aliphatic carbocycles. The van der Waals surface area contributed by atoms with Crippen LogP contribution in [-0.2, 0) is 14.3 Å². The Balaban J connectivity index is 0.000000317. The third kappa shape index (κ3) is 10.5. The van der Waals surface area contributed by atoms with E-state index in [9.17, 15) is 30.7 Å². The third-order valence-corrected chi connectivity index (χ3v) is 5.54. The van der Waals surface area contributed by atoms with Crippen LogP contribution in [0, 0.1) is 11.2 Å². The zero-order chi connectivity index (χ0) is 29.3. The molecule has 1 unspecified atom stereocenters. The van der Waals surface area contributed by atoms with Crippen LogP contribution < -0.4 is 9.64 Å². The maximum absolute atomic E-state index is 13.0. The molecule has 1 atom stereocenters. The van der Waals surface area contributed by atoms with E-state index < -0.39 is 30.1 Å². The summed E-state index contributed by atoms with van der Waals surface area (Å²) in [7, 11) is 0. The number of alkyl halides is 6. The summed E-state index contributed by atoms with van der Waals surface area (Å²) in [6.07, 6.45) is -2.86. The van der Waals surface area contributed by atoms with Gasteiger partial charge in [-0.2, -0.15) is 26.3 Å². The fourth-order valence-corrected chi connectivity index (χ4v) is 3.61. The molecule has 2 aromatic rings. The highest BCUT2D eigenvalue weighted by atomic mass is 19.4. The van der Waals surface area contributed by atoms with Crippen molar-refractivity contribution in [2.45, 2.75) is 37.7 Å². The van der Waals surface area contributed by atoms with E-state index in [0.29, 0.717) is 18.4 Å². The molecule has 0 radical (unpaired) electrons. The maximum Gasteiger partial charge on any atom is 0.490 e. The van der Waals surface area contributed by atoms with Gasteiger partial charge in [-0.25, -0.2) is 28.9 Å². The highest BCUT2D eigenvalue weighted by Crippen LogP contribution is 2.42. The molecule has 17 heteroatoms. The zero-order valence-electron chi connectivity index (χ0n) is 20.0. The van der Waals surface area contributed by atoms with Gasteiger partial charge in [0.05, 0.1) is 25.1 Å². The van der Waals surface area contributed by atoms with Gasteiger partial charge in [-0.1, -0.05) is 6.07 Å². The number of rotatable bonds is 4. The number of carbonyl (C=O) groups is 2. The van der Waals surface area contributed by atoms with Crippen molar-refractivity contribution in [1.29, 1.82) is 0 Å². The number of piperidine rings is 1. The molecule has 2 aliphatic heterocycles. The molecule has 4 rings (SSSR count). The van der Waals surface area contributed by atoms with Crippen LogP contribution in [0.5, 0.6) is 5.88 Å². The van der Waals surface area contributed by atoms with Crippen LogP contribution >= 0.6 is 0 Å². The summed E-state index contributed by atoms with van der Waals surface area (Å²) >= 11 is 0. The quantitative estimate of drug-likeness (QED) is 0.522. The van der Waals surface area contributed by atoms with Gasteiger partial charge in [0.1, 0.15) is 6.61 Å². The summed E-state index contributed by atoms with van der Waals surface area (Å²) in [5, 5.41) is 14.2. The van der Waals surface area contributed by atoms with Crippen LogP contribution in [-0.4, -0.2) is 81.9 Å². The van der Waals surface area contributed by atoms with Crippen molar-refractivity contribution in [3.05, 3.63) is 42.6 Å². The highest BCUT2D eigenvalue weighted by molar-refractivity contribution is 5.73. The molecule has 0 aromatic carbocycles. The first-order valence-electron chi connectivity index (χ1n) is 11.1. The summed E-state index contributed by atoms with van der Waals surface area (Å²) in [6.45, 7) is 3.02. The zero-order valence-corrected chi connectivity index (χ0v) is 20.0. The van der Waals surface area contributed by atoms with Gasteiger partial charge in [0, 0.05) is 25.4 Å². The first-order valence-corrected chi connectivity index (χ1v) is 11.1. The van der Waals surface area contributed by atoms with Crippen LogP contribution in [0.3, 0.4) is 0 Å². The molecule has 2 N–H and O–H groups in total. The molecule has 0 saturated carbocycles. The minimum absolute atomic E-state index is 0.107. The number of nitrogens with zero attached hydrogens (tertiary/aromatic N) is 4. The van der Waals surface area contributed by atoms with E-state index in [1.165, 1.54) is 12.4 Å². The van der Waals surface area contributed by atoms with Crippen molar-refractivity contribution in [3.63, 3.8) is 0 Å². The number of hydrogen-bond donors (Lipinski definition) is 2. The maximum atomic E-state index is 13.0. The van der Waals surface area contributed by atoms with Crippen molar-refractivity contribution in [2.24, 2.45) is 5.41 Å². The Morgan fingerprint density at radius 3 is 2.00 bits per heavy atom. The minimum Gasteiger partial charge on any atom is -0.475 e. The van der Waals surface area contributed by atoms with Gasteiger partial charge >= 0.3 is 24.3 Å². The van der Waals surface area contributed by atoms with Gasteiger partial charge < -0.3 is 24.6 Å². The fourth-order valence-electron chi connectivity index (χ4n) is 3.61. The lowest BCUT2D eigenvalue weighted by atomic mass is 9.77. The molecule has 4 heterocycles. The molecule has 2 saturated heterocycles. The number of aliphatic carboxylic acids is 2. The largest absolute Gasteiger partial charge is 0.490 e. The Hall–Kier alpha value is -3.76. The number of anilines is 1. The van der Waals surface area contributed by atoms with Gasteiger partial charge in [-0.3, -0.25) is 0 Å². The van der Waals surface area contributed by atoms with Crippen molar-refractivity contribution in [3.8, 4) is 5.88 Å². The molecular formula is C22H23F7N4O6. The molecule has 2 aromatic heterocycles. The number of hydrogen-bond acceptors (Lipinski definition) is 8. The van der Waals surface area contributed by atoms with Crippen LogP contribution in [0.4, 0.5) is 36.7 Å². The normalized spacial score (nSPS) is 18.3. The van der Waals surface area contributed by atoms with Crippen LogP contribution in [0.15, 0.2) is 36.8 Å². The molecule has 2 fully saturated rings. The van der Waals surface area contributed by atoms with Gasteiger partial charge in [0.2, 0.25) is 11.8 Å². The lowest BCUT2D eigenvalue weighted by molar-refractivity contribution is -0.193. The van der Waals surface area contributed by atoms with E-state index in [1.807, 2.05) is 18.2 Å². The predicted octanol–water partition coefficient (Wildman–Crippen LogP) is 3.73. The molecule has 1 spiro atoms. The Morgan fingerprint density at radius 2 is 1.54 bits per heavy atom. The smallest absolute Gasteiger partial charge is 0.475 e. The lowest BCUT2D eigenvalue weighted by Crippen LogP contribution is -2.41. The van der Waals surface area contributed by atoms with Gasteiger partial charge in [-0.05, 0) is 30.7 Å². The predicted molar refractivity (Wildman–Crippen MR) is 117 cm³/mol. The van der Waals surface area contributed by atoms with Crippen molar-refractivity contribution in [2.75, 3.05) is 31.2 Å². The van der Waals surface area contributed by atoms with Crippen LogP contribution in [0.1, 0.15) is 19.3 Å². The number of ether oxygens (including phenoxy) is 2. The molecular weight excluding hydrogens is 549 g/mol. The second kappa shape index (κ2) is 13.3. The molecule has 2 aliphatic rings. The summed E-state index contributed by atoms with van der Waals surface area (Å²) in [5.41, 5.74) is 0.203. The Kier molecular flexibility index (Phi) is 10.8. The second-order valence-corrected chi connectivity index (χ2v) is 8.41. The molecule has 0 bridgehead atoms. The van der Waals surface area contributed by atoms with Crippen molar-refractivity contribution >= 4 is 17.9 Å². The number of carboxylic acids is 2. The Morgan fingerprint density at radius 1 is 1.00 bits per heavy atom. The first kappa shape index (κ1) is 31.5. The monoisotopic (exact) mass is 572 g/mol. The standard InChI is InChI=1S/C18H21FN4O2.2C2HF3O2/c19-14-10-21-17(22-11-14)23-7-4-18(5-8-23)9-15(25-13-18)12-24-16-3-1-2-6-20-16;2*3-2(4,5)1(6)7/h1-3,6,10-11,15H,4-5,7-9,12-13H2;2*(H,6,7). The van der Waals surface area contributed by atoms with Crippen molar-refractivity contribution in [1.82, 2.24) is 15.0 Å². The summed E-state index contributed by atoms with van der Waals surface area (Å²) in [6, 6.07) is 5.63. The van der Waals surface area contributed by atoms with E-state index in [4.69, 9.17) is 29.3 Å². The van der Waals surface area contributed by atoms with Gasteiger partial charge in [0.25, 0.3) is 0 Å². The molecule has 216 valence electrons. The average Bonchev–Trinajstić information content (AvgIpc) is 3.26. The second-order valence-electron chi connectivity index (χ2n) is 8.41. The summed E-state index contributed by atoms with van der Waals surface area (Å²) in [4.78, 5) is 32.2. The van der Waals surface area contributed by atoms with Crippen molar-refractivity contribution < 1.29 is 60.0 Å². The topological polar surface area (TPSA) is 135 Å². The van der Waals surface area contributed by atoms with E-state index in [-0.39, 0.29) is 11.5 Å². The fraction of sp³-hybridized carbons (Fsp3) is 0.500. The number of pyridine rings is 1. The SMILES string of the molecule is Fc1cnc(N2CCC3(CC2)COC(COc2ccccn2)C3)nc1.O=C(O)C(F)(F)F.O=C(O)C(F)(F)F. The van der Waals surface area contributed by atoms with Crippen LogP contribution in [0.2, 0.25) is 0 Å². The summed E-state index contributed by atoms with van der Waals surface area (Å²) in [5.74, 6) is -4.68. The Bertz CT molecular complexity index is 1040. The average molecular weight is 572 g/mol. The highest BCUT2D eigenvalue weighted by Gasteiger charge is 2.43. The van der Waals surface area contributed by atoms with Gasteiger partial charge in [-0.15, -0.1) is 0 Å². The van der Waals surface area contributed by atoms with E-state index in [2.05, 4.69) is 19.9 Å². The van der Waals surface area contributed by atoms with Crippen LogP contribution in [0.25, 0.3) is 0 Å². The summed E-state index contributed by atoms with van der Waals surface area (Å²) < 4.78 is 88.1. The molecule has 39 heavy (non-hydrogen) atoms. The lowest BCUT2D eigenvalue weighted by Gasteiger charge is -2.38. The van der Waals surface area contributed by atoms with E-state index in [1.54, 1.807) is 6.20 Å². The van der Waals surface area contributed by atoms with Gasteiger partial charge in [0.15, 0.2) is 5.82 Å². The molecule has 0 amide bonds. The minimum atomic E-state index is -5.08. The third-order valence-electron chi connectivity index (χ3n) is 5.54. The number of carboxylic acid groups (broad SMARTS) is 2. The number of aromatic nitrogens is 3. The number of halogens is 7. The molecule has 10 nitrogen and oxygen atoms in total. The Labute approximate surface area is 216 Å². The van der Waals surface area contributed by atoms with E-state index >= 15 is 0 Å².